The number of rotatable bonds is 11. The summed E-state index contributed by atoms with van der Waals surface area (Å²) in [6, 6.07) is 4.06. The second-order valence-corrected chi connectivity index (χ2v) is 9.77. The smallest absolute Gasteiger partial charge is 0.326 e. The number of aromatic nitrogens is 1. The standard InChI is InChI=1S/C24H33N5O5S/c1-14(25)21(30)28-19(12-15-13-26-17-7-4-3-6-16(15)17)22(31)27-18(9-11-35-2)23(32)29-10-5-8-20(29)24(33)34/h3-4,6-7,13-14,18-20,26H,5,8-12,25H2,1-2H3,(H,27,31)(H,28,30)(H,33,34). The summed E-state index contributed by atoms with van der Waals surface area (Å²) in [4.78, 5) is 55.2. The van der Waals surface area contributed by atoms with Crippen LogP contribution in [0.3, 0.4) is 0 Å². The fraction of sp³-hybridized carbons (Fsp3) is 0.500. The number of amides is 3. The number of thioether (sulfide) groups is 1. The number of likely N-dealkylation sites (tertiary alicyclic amines) is 1. The number of carboxylic acid groups (broad SMARTS) is 1. The monoisotopic (exact) mass is 503 g/mol. The summed E-state index contributed by atoms with van der Waals surface area (Å²) in [5, 5.41) is 15.9. The number of fused-ring (bicyclic) bond motifs is 1. The van der Waals surface area contributed by atoms with Crippen molar-refractivity contribution in [2.75, 3.05) is 18.6 Å². The van der Waals surface area contributed by atoms with E-state index in [0.29, 0.717) is 31.6 Å². The quantitative estimate of drug-likeness (QED) is 0.304. The molecule has 35 heavy (non-hydrogen) atoms. The van der Waals surface area contributed by atoms with Gasteiger partial charge in [-0.2, -0.15) is 11.8 Å². The van der Waals surface area contributed by atoms with Crippen LogP contribution in [-0.4, -0.2) is 81.4 Å². The van der Waals surface area contributed by atoms with Crippen molar-refractivity contribution in [2.24, 2.45) is 5.73 Å². The molecule has 0 radical (unpaired) electrons. The van der Waals surface area contributed by atoms with Crippen molar-refractivity contribution in [3.63, 3.8) is 0 Å². The summed E-state index contributed by atoms with van der Waals surface area (Å²) in [5.74, 6) is -1.87. The Bertz CT molecular complexity index is 1070. The van der Waals surface area contributed by atoms with E-state index in [-0.39, 0.29) is 6.42 Å². The van der Waals surface area contributed by atoms with Crippen LogP contribution in [-0.2, 0) is 25.6 Å². The number of nitrogens with two attached hydrogens (primary N) is 1. The van der Waals surface area contributed by atoms with E-state index < -0.39 is 47.9 Å². The van der Waals surface area contributed by atoms with Gasteiger partial charge in [-0.15, -0.1) is 0 Å². The van der Waals surface area contributed by atoms with Gasteiger partial charge in [-0.1, -0.05) is 18.2 Å². The molecule has 1 fully saturated rings. The minimum Gasteiger partial charge on any atom is -0.480 e. The van der Waals surface area contributed by atoms with Gasteiger partial charge in [-0.05, 0) is 49.8 Å². The molecule has 2 heterocycles. The molecule has 10 nitrogen and oxygen atoms in total. The summed E-state index contributed by atoms with van der Waals surface area (Å²) < 4.78 is 0. The number of nitrogens with zero attached hydrogens (tertiary/aromatic N) is 1. The second-order valence-electron chi connectivity index (χ2n) is 8.78. The van der Waals surface area contributed by atoms with Crippen LogP contribution in [0.1, 0.15) is 31.7 Å². The van der Waals surface area contributed by atoms with E-state index in [1.165, 1.54) is 23.6 Å². The van der Waals surface area contributed by atoms with Gasteiger partial charge in [0, 0.05) is 30.1 Å². The van der Waals surface area contributed by atoms with E-state index in [9.17, 15) is 24.3 Å². The summed E-state index contributed by atoms with van der Waals surface area (Å²) in [6.45, 7) is 1.86. The van der Waals surface area contributed by atoms with E-state index >= 15 is 0 Å². The molecule has 6 N–H and O–H groups in total. The molecule has 1 aromatic heterocycles. The Morgan fingerprint density at radius 3 is 2.60 bits per heavy atom. The van der Waals surface area contributed by atoms with Gasteiger partial charge in [0.05, 0.1) is 6.04 Å². The molecule has 2 aromatic rings. The van der Waals surface area contributed by atoms with E-state index in [1.54, 1.807) is 6.20 Å². The molecule has 4 atom stereocenters. The maximum absolute atomic E-state index is 13.4. The van der Waals surface area contributed by atoms with Gasteiger partial charge in [-0.3, -0.25) is 14.4 Å². The highest BCUT2D eigenvalue weighted by molar-refractivity contribution is 7.98. The molecule has 4 unspecified atom stereocenters. The number of hydrogen-bond acceptors (Lipinski definition) is 6. The van der Waals surface area contributed by atoms with Gasteiger partial charge in [0.15, 0.2) is 0 Å². The third kappa shape index (κ3) is 6.55. The molecule has 3 amide bonds. The summed E-state index contributed by atoms with van der Waals surface area (Å²) in [5.41, 5.74) is 7.46. The van der Waals surface area contributed by atoms with Gasteiger partial charge >= 0.3 is 5.97 Å². The zero-order valence-electron chi connectivity index (χ0n) is 20.0. The lowest BCUT2D eigenvalue weighted by molar-refractivity contribution is -0.149. The first kappa shape index (κ1) is 26.6. The van der Waals surface area contributed by atoms with E-state index in [1.807, 2.05) is 30.5 Å². The van der Waals surface area contributed by atoms with Crippen molar-refractivity contribution >= 4 is 46.4 Å². The topological polar surface area (TPSA) is 158 Å². The molecular weight excluding hydrogens is 470 g/mol. The minimum atomic E-state index is -1.05. The third-order valence-electron chi connectivity index (χ3n) is 6.19. The Morgan fingerprint density at radius 1 is 1.20 bits per heavy atom. The number of carbonyl (C=O) groups is 4. The number of para-hydroxylation sites is 1. The van der Waals surface area contributed by atoms with E-state index in [0.717, 1.165) is 16.5 Å². The molecule has 0 aliphatic carbocycles. The molecule has 1 aromatic carbocycles. The molecule has 0 spiro atoms. The van der Waals surface area contributed by atoms with Crippen LogP contribution in [0.2, 0.25) is 0 Å². The Labute approximate surface area is 208 Å². The number of carboxylic acids is 1. The Morgan fingerprint density at radius 2 is 1.91 bits per heavy atom. The summed E-state index contributed by atoms with van der Waals surface area (Å²) in [6.07, 6.45) is 5.20. The first-order valence-corrected chi connectivity index (χ1v) is 13.1. The van der Waals surface area contributed by atoms with Gasteiger partial charge < -0.3 is 31.4 Å². The lowest BCUT2D eigenvalue weighted by Crippen LogP contribution is -2.57. The van der Waals surface area contributed by atoms with Crippen LogP contribution in [0.25, 0.3) is 10.9 Å². The SMILES string of the molecule is CSCCC(NC(=O)C(Cc1c[nH]c2ccccc12)NC(=O)C(C)N)C(=O)N1CCCC1C(=O)O. The normalized spacial score (nSPS) is 18.1. The Kier molecular flexibility index (Phi) is 9.16. The molecule has 11 heteroatoms. The maximum atomic E-state index is 13.4. The van der Waals surface area contributed by atoms with Crippen LogP contribution in [0.15, 0.2) is 30.5 Å². The van der Waals surface area contributed by atoms with Crippen LogP contribution >= 0.6 is 11.8 Å². The highest BCUT2D eigenvalue weighted by Crippen LogP contribution is 2.21. The number of hydrogen-bond donors (Lipinski definition) is 5. The number of carbonyl (C=O) groups excluding carboxylic acids is 3. The fourth-order valence-corrected chi connectivity index (χ4v) is 4.76. The zero-order chi connectivity index (χ0) is 25.5. The number of aliphatic carboxylic acids is 1. The van der Waals surface area contributed by atoms with Crippen molar-refractivity contribution in [3.8, 4) is 0 Å². The largest absolute Gasteiger partial charge is 0.480 e. The molecule has 1 aliphatic heterocycles. The molecule has 3 rings (SSSR count). The third-order valence-corrected chi connectivity index (χ3v) is 6.84. The number of H-pyrrole nitrogens is 1. The van der Waals surface area contributed by atoms with Gasteiger partial charge in [0.2, 0.25) is 17.7 Å². The lowest BCUT2D eigenvalue weighted by Gasteiger charge is -2.29. The van der Waals surface area contributed by atoms with Gasteiger partial charge in [0.25, 0.3) is 0 Å². The molecule has 190 valence electrons. The summed E-state index contributed by atoms with van der Waals surface area (Å²) >= 11 is 1.52. The number of benzene rings is 1. The highest BCUT2D eigenvalue weighted by Gasteiger charge is 2.38. The van der Waals surface area contributed by atoms with Crippen LogP contribution in [0.5, 0.6) is 0 Å². The fourth-order valence-electron chi connectivity index (χ4n) is 4.29. The average molecular weight is 504 g/mol. The predicted octanol–water partition coefficient (Wildman–Crippen LogP) is 0.856. The predicted molar refractivity (Wildman–Crippen MR) is 135 cm³/mol. The van der Waals surface area contributed by atoms with Crippen LogP contribution in [0, 0.1) is 0 Å². The first-order valence-electron chi connectivity index (χ1n) is 11.7. The van der Waals surface area contributed by atoms with E-state index in [4.69, 9.17) is 5.73 Å². The zero-order valence-corrected chi connectivity index (χ0v) is 20.8. The first-order chi connectivity index (χ1) is 16.7. The molecule has 0 saturated carbocycles. The van der Waals surface area contributed by atoms with Crippen molar-refractivity contribution in [1.29, 1.82) is 0 Å². The lowest BCUT2D eigenvalue weighted by atomic mass is 10.0. The maximum Gasteiger partial charge on any atom is 0.326 e. The van der Waals surface area contributed by atoms with Crippen LogP contribution < -0.4 is 16.4 Å². The van der Waals surface area contributed by atoms with E-state index in [2.05, 4.69) is 15.6 Å². The molecule has 0 bridgehead atoms. The summed E-state index contributed by atoms with van der Waals surface area (Å²) in [7, 11) is 0. The Hall–Kier alpha value is -3.05. The Balaban J connectivity index is 1.82. The van der Waals surface area contributed by atoms with Gasteiger partial charge in [-0.25, -0.2) is 4.79 Å². The molecule has 1 aliphatic rings. The second kappa shape index (κ2) is 12.1. The molecular formula is C24H33N5O5S. The van der Waals surface area contributed by atoms with Crippen molar-refractivity contribution in [2.45, 2.75) is 56.8 Å². The van der Waals surface area contributed by atoms with Gasteiger partial charge in [0.1, 0.15) is 18.1 Å². The molecule has 1 saturated heterocycles. The van der Waals surface area contributed by atoms with Crippen molar-refractivity contribution < 1.29 is 24.3 Å². The van der Waals surface area contributed by atoms with Crippen molar-refractivity contribution in [3.05, 3.63) is 36.0 Å². The highest BCUT2D eigenvalue weighted by atomic mass is 32.2. The number of nitrogens with one attached hydrogen (secondary N) is 3. The van der Waals surface area contributed by atoms with Crippen LogP contribution in [0.4, 0.5) is 0 Å². The average Bonchev–Trinajstić information content (AvgIpc) is 3.48. The van der Waals surface area contributed by atoms with Crippen molar-refractivity contribution in [1.82, 2.24) is 20.5 Å². The minimum absolute atomic E-state index is 0.194. The number of aromatic amines is 1.